The molecule has 0 radical (unpaired) electrons. The van der Waals surface area contributed by atoms with E-state index >= 15 is 0 Å². The predicted molar refractivity (Wildman–Crippen MR) is 229 cm³/mol. The summed E-state index contributed by atoms with van der Waals surface area (Å²) in [6.07, 6.45) is 0. The van der Waals surface area contributed by atoms with Crippen LogP contribution in [0.3, 0.4) is 0 Å². The predicted octanol–water partition coefficient (Wildman–Crippen LogP) is 14.6. The van der Waals surface area contributed by atoms with Crippen molar-refractivity contribution in [2.24, 2.45) is 0 Å². The average Bonchev–Trinajstić information content (AvgIpc) is 3.77. The molecule has 0 atom stereocenters. The number of thiophene rings is 1. The molecule has 0 fully saturated rings. The van der Waals surface area contributed by atoms with Gasteiger partial charge >= 0.3 is 0 Å². The summed E-state index contributed by atoms with van der Waals surface area (Å²) in [5.41, 5.74) is 9.41. The number of nitrogens with zero attached hydrogens (tertiary/aromatic N) is 2. The lowest BCUT2D eigenvalue weighted by Crippen LogP contribution is -2.10. The zero-order chi connectivity index (χ0) is 34.9. The summed E-state index contributed by atoms with van der Waals surface area (Å²) in [6, 6.07) is 71.0. The summed E-state index contributed by atoms with van der Waals surface area (Å²) in [4.78, 5) is 2.39. The highest BCUT2D eigenvalue weighted by atomic mass is 32.1. The number of rotatable bonds is 5. The Morgan fingerprint density at radius 2 is 0.962 bits per heavy atom. The molecular weight excluding hydrogens is 661 g/mol. The zero-order valence-electron chi connectivity index (χ0n) is 28.8. The van der Waals surface area contributed by atoms with Crippen molar-refractivity contribution < 1.29 is 0 Å². The van der Waals surface area contributed by atoms with Crippen molar-refractivity contribution in [3.63, 3.8) is 0 Å². The Labute approximate surface area is 311 Å². The van der Waals surface area contributed by atoms with E-state index in [2.05, 4.69) is 204 Å². The molecule has 0 saturated carbocycles. The lowest BCUT2D eigenvalue weighted by atomic mass is 9.98. The largest absolute Gasteiger partial charge is 0.310 e. The van der Waals surface area contributed by atoms with Crippen LogP contribution in [0.5, 0.6) is 0 Å². The summed E-state index contributed by atoms with van der Waals surface area (Å²) in [7, 11) is 0. The molecule has 0 aliphatic carbocycles. The van der Waals surface area contributed by atoms with E-state index in [1.807, 2.05) is 11.3 Å². The molecule has 9 aromatic carbocycles. The van der Waals surface area contributed by atoms with Gasteiger partial charge < -0.3 is 9.47 Å². The molecule has 0 aliphatic rings. The van der Waals surface area contributed by atoms with E-state index in [9.17, 15) is 0 Å². The van der Waals surface area contributed by atoms with Crippen LogP contribution in [0.15, 0.2) is 194 Å². The number of fused-ring (bicyclic) bond motifs is 9. The van der Waals surface area contributed by atoms with Crippen molar-refractivity contribution in [2.75, 3.05) is 4.90 Å². The molecule has 2 nitrogen and oxygen atoms in total. The Bertz CT molecular complexity index is 3160. The topological polar surface area (TPSA) is 8.17 Å². The van der Waals surface area contributed by atoms with Crippen LogP contribution >= 0.6 is 11.3 Å². The van der Waals surface area contributed by atoms with Crippen molar-refractivity contribution in [3.8, 4) is 16.8 Å². The first-order chi connectivity index (χ1) is 26.3. The second-order valence-corrected chi connectivity index (χ2v) is 14.8. The minimum absolute atomic E-state index is 1.11. The normalized spacial score (nSPS) is 11.8. The third-order valence-corrected chi connectivity index (χ3v) is 11.9. The zero-order valence-corrected chi connectivity index (χ0v) is 29.6. The van der Waals surface area contributed by atoms with E-state index in [1.165, 1.54) is 74.6 Å². The summed E-state index contributed by atoms with van der Waals surface area (Å²) in [5, 5.41) is 10.2. The molecule has 0 N–H and O–H groups in total. The Kier molecular flexibility index (Phi) is 6.76. The summed E-state index contributed by atoms with van der Waals surface area (Å²) in [5.74, 6) is 0. The Balaban J connectivity index is 1.07. The van der Waals surface area contributed by atoms with Gasteiger partial charge in [-0.3, -0.25) is 0 Å². The van der Waals surface area contributed by atoms with Gasteiger partial charge in [-0.05, 0) is 87.9 Å². The highest BCUT2D eigenvalue weighted by Crippen LogP contribution is 2.42. The lowest BCUT2D eigenvalue weighted by molar-refractivity contribution is 1.18. The minimum atomic E-state index is 1.11. The second-order valence-electron chi connectivity index (χ2n) is 13.7. The van der Waals surface area contributed by atoms with Gasteiger partial charge in [-0.15, -0.1) is 11.3 Å². The SMILES string of the molecule is c1ccc2c(-c3ccc(N(c4ccc(-n5c6ccccc6c6ccc7ccccc7c65)cc4)c4ccc5c(c4)sc4ccccc45)cc3)cccc2c1. The molecule has 0 saturated heterocycles. The quantitative estimate of drug-likeness (QED) is 0.174. The van der Waals surface area contributed by atoms with Gasteiger partial charge in [0.05, 0.1) is 11.0 Å². The first-order valence-electron chi connectivity index (χ1n) is 18.1. The monoisotopic (exact) mass is 692 g/mol. The molecule has 11 aromatic rings. The van der Waals surface area contributed by atoms with E-state index in [-0.39, 0.29) is 0 Å². The summed E-state index contributed by atoms with van der Waals surface area (Å²) in [6.45, 7) is 0. The first kappa shape index (κ1) is 30.0. The fourth-order valence-corrected chi connectivity index (χ4v) is 9.46. The highest BCUT2D eigenvalue weighted by Gasteiger charge is 2.18. The Morgan fingerprint density at radius 1 is 0.377 bits per heavy atom. The summed E-state index contributed by atoms with van der Waals surface area (Å²) >= 11 is 1.86. The van der Waals surface area contributed by atoms with E-state index in [4.69, 9.17) is 0 Å². The lowest BCUT2D eigenvalue weighted by Gasteiger charge is -2.26. The molecule has 11 rings (SSSR count). The molecule has 0 unspecified atom stereocenters. The third-order valence-electron chi connectivity index (χ3n) is 10.8. The van der Waals surface area contributed by atoms with Gasteiger partial charge in [-0.2, -0.15) is 0 Å². The smallest absolute Gasteiger partial charge is 0.0619 e. The van der Waals surface area contributed by atoms with Crippen LogP contribution in [0, 0.1) is 0 Å². The molecule has 0 aliphatic heterocycles. The fraction of sp³-hybridized carbons (Fsp3) is 0. The molecule has 0 spiro atoms. The van der Waals surface area contributed by atoms with Crippen LogP contribution in [-0.2, 0) is 0 Å². The van der Waals surface area contributed by atoms with Gasteiger partial charge in [-0.1, -0.05) is 133 Å². The van der Waals surface area contributed by atoms with Crippen molar-refractivity contribution in [3.05, 3.63) is 194 Å². The Morgan fingerprint density at radius 3 is 1.77 bits per heavy atom. The molecule has 3 heteroatoms. The van der Waals surface area contributed by atoms with Crippen molar-refractivity contribution in [1.29, 1.82) is 0 Å². The highest BCUT2D eigenvalue weighted by molar-refractivity contribution is 7.25. The molecule has 248 valence electrons. The van der Waals surface area contributed by atoms with Crippen molar-refractivity contribution in [1.82, 2.24) is 4.57 Å². The maximum atomic E-state index is 2.43. The summed E-state index contributed by atoms with van der Waals surface area (Å²) < 4.78 is 5.03. The first-order valence-corrected chi connectivity index (χ1v) is 18.9. The van der Waals surface area contributed by atoms with Gasteiger partial charge in [0.25, 0.3) is 0 Å². The number of hydrogen-bond donors (Lipinski definition) is 0. The molecule has 0 amide bonds. The van der Waals surface area contributed by atoms with E-state index < -0.39 is 0 Å². The van der Waals surface area contributed by atoms with Crippen LogP contribution in [0.4, 0.5) is 17.1 Å². The maximum Gasteiger partial charge on any atom is 0.0619 e. The number of anilines is 3. The van der Waals surface area contributed by atoms with Gasteiger partial charge in [0.2, 0.25) is 0 Å². The van der Waals surface area contributed by atoms with Crippen LogP contribution in [0.2, 0.25) is 0 Å². The Hall–Kier alpha value is -6.68. The molecule has 2 aromatic heterocycles. The van der Waals surface area contributed by atoms with Gasteiger partial charge in [-0.25, -0.2) is 0 Å². The molecule has 0 bridgehead atoms. The number of benzene rings is 9. The van der Waals surface area contributed by atoms with E-state index in [1.54, 1.807) is 0 Å². The van der Waals surface area contributed by atoms with Gasteiger partial charge in [0, 0.05) is 59.1 Å². The fourth-order valence-electron chi connectivity index (χ4n) is 8.32. The van der Waals surface area contributed by atoms with Crippen LogP contribution < -0.4 is 4.90 Å². The maximum absolute atomic E-state index is 2.43. The van der Waals surface area contributed by atoms with Crippen LogP contribution in [0.1, 0.15) is 0 Å². The van der Waals surface area contributed by atoms with Crippen molar-refractivity contribution in [2.45, 2.75) is 0 Å². The van der Waals surface area contributed by atoms with E-state index in [0.29, 0.717) is 0 Å². The van der Waals surface area contributed by atoms with Crippen molar-refractivity contribution >= 4 is 91.9 Å². The molecular formula is C50H32N2S. The second kappa shape index (κ2) is 11.9. The van der Waals surface area contributed by atoms with Gasteiger partial charge in [0.15, 0.2) is 0 Å². The number of hydrogen-bond acceptors (Lipinski definition) is 2. The molecule has 2 heterocycles. The average molecular weight is 693 g/mol. The minimum Gasteiger partial charge on any atom is -0.310 e. The number of aromatic nitrogens is 1. The number of para-hydroxylation sites is 1. The van der Waals surface area contributed by atoms with Crippen LogP contribution in [0.25, 0.3) is 80.3 Å². The molecule has 53 heavy (non-hydrogen) atoms. The van der Waals surface area contributed by atoms with E-state index in [0.717, 1.165) is 22.7 Å². The van der Waals surface area contributed by atoms with Gasteiger partial charge in [0.1, 0.15) is 0 Å². The standard InChI is InChI=1S/C50H32N2S/c1-3-13-40-33(10-1)12-9-17-41(40)35-20-23-36(24-21-35)51(39-29-31-45-44-16-6-8-19-48(44)53-49(45)32-39)37-25-27-38(28-26-37)52-47-18-7-5-15-43(47)46-30-22-34-11-2-4-14-42(34)50(46)52/h1-32H. The van der Waals surface area contributed by atoms with Crippen LogP contribution in [-0.4, -0.2) is 4.57 Å². The third kappa shape index (κ3) is 4.78.